The highest BCUT2D eigenvalue weighted by molar-refractivity contribution is 7.91. The molecule has 0 bridgehead atoms. The van der Waals surface area contributed by atoms with E-state index in [1.807, 2.05) is 56.3 Å². The first kappa shape index (κ1) is 25.8. The molecule has 0 radical (unpaired) electrons. The molecule has 1 N–H and O–H groups in total. The third-order valence-corrected chi connectivity index (χ3v) is 7.89. The van der Waals surface area contributed by atoms with Crippen LogP contribution in [0.1, 0.15) is 37.4 Å². The lowest BCUT2D eigenvalue weighted by Gasteiger charge is -2.14. The minimum Gasteiger partial charge on any atom is -0.493 e. The van der Waals surface area contributed by atoms with E-state index in [1.54, 1.807) is 10.7 Å². The van der Waals surface area contributed by atoms with Crippen molar-refractivity contribution in [1.82, 2.24) is 9.78 Å². The van der Waals surface area contributed by atoms with Crippen molar-refractivity contribution in [1.29, 1.82) is 0 Å². The molecular formula is C27H33N3O5S. The molecule has 1 fully saturated rings. The molecule has 0 saturated carbocycles. The van der Waals surface area contributed by atoms with Crippen molar-refractivity contribution in [2.75, 3.05) is 30.0 Å². The van der Waals surface area contributed by atoms with E-state index in [4.69, 9.17) is 9.47 Å². The van der Waals surface area contributed by atoms with Gasteiger partial charge in [0, 0.05) is 11.6 Å². The Morgan fingerprint density at radius 1 is 1.06 bits per heavy atom. The van der Waals surface area contributed by atoms with E-state index in [1.165, 1.54) is 0 Å². The summed E-state index contributed by atoms with van der Waals surface area (Å²) in [6, 6.07) is 14.7. The maximum Gasteiger partial charge on any atom is 0.263 e. The highest BCUT2D eigenvalue weighted by Crippen LogP contribution is 2.31. The second-order valence-corrected chi connectivity index (χ2v) is 12.0. The Bertz CT molecular complexity index is 1330. The molecule has 0 spiro atoms. The first-order valence-corrected chi connectivity index (χ1v) is 13.9. The average molecular weight is 512 g/mol. The Kier molecular flexibility index (Phi) is 7.68. The Morgan fingerprint density at radius 2 is 1.78 bits per heavy atom. The van der Waals surface area contributed by atoms with Gasteiger partial charge in [0.2, 0.25) is 0 Å². The number of carbonyl (C=O) groups is 1. The van der Waals surface area contributed by atoms with Crippen molar-refractivity contribution in [3.8, 4) is 22.8 Å². The summed E-state index contributed by atoms with van der Waals surface area (Å²) in [5.41, 5.74) is 3.71. The van der Waals surface area contributed by atoms with Crippen molar-refractivity contribution in [3.05, 3.63) is 59.7 Å². The van der Waals surface area contributed by atoms with Crippen molar-refractivity contribution in [2.45, 2.75) is 40.2 Å². The summed E-state index contributed by atoms with van der Waals surface area (Å²) in [7, 11) is -3.13. The highest BCUT2D eigenvalue weighted by atomic mass is 32.2. The number of aryl methyl sites for hydroxylation is 2. The van der Waals surface area contributed by atoms with E-state index < -0.39 is 9.84 Å². The zero-order valence-corrected chi connectivity index (χ0v) is 22.0. The lowest BCUT2D eigenvalue weighted by Crippen LogP contribution is -2.23. The molecule has 2 aromatic carbocycles. The van der Waals surface area contributed by atoms with Crippen LogP contribution >= 0.6 is 0 Å². The second kappa shape index (κ2) is 10.7. The smallest absolute Gasteiger partial charge is 0.263 e. The molecule has 8 nitrogen and oxygen atoms in total. The van der Waals surface area contributed by atoms with Gasteiger partial charge in [-0.05, 0) is 73.7 Å². The number of sulfone groups is 1. The highest BCUT2D eigenvalue weighted by Gasteiger charge is 2.32. The van der Waals surface area contributed by atoms with E-state index in [0.29, 0.717) is 36.2 Å². The summed E-state index contributed by atoms with van der Waals surface area (Å²) in [4.78, 5) is 12.7. The molecule has 0 unspecified atom stereocenters. The number of benzene rings is 2. The number of ether oxygens (including phenoxy) is 2. The third-order valence-electron chi connectivity index (χ3n) is 6.14. The van der Waals surface area contributed by atoms with E-state index in [2.05, 4.69) is 24.3 Å². The van der Waals surface area contributed by atoms with Crippen LogP contribution in [-0.4, -0.2) is 48.8 Å². The zero-order valence-electron chi connectivity index (χ0n) is 21.2. The number of anilines is 1. The maximum absolute atomic E-state index is 12.7. The molecule has 2 heterocycles. The second-order valence-electron chi connectivity index (χ2n) is 9.73. The van der Waals surface area contributed by atoms with Gasteiger partial charge in [-0.15, -0.1) is 0 Å². The number of nitrogens with one attached hydrogen (secondary N) is 1. The molecule has 1 aliphatic rings. The van der Waals surface area contributed by atoms with Crippen molar-refractivity contribution in [2.24, 2.45) is 5.92 Å². The Hall–Kier alpha value is -3.33. The fourth-order valence-corrected chi connectivity index (χ4v) is 5.68. The largest absolute Gasteiger partial charge is 0.493 e. The van der Waals surface area contributed by atoms with Gasteiger partial charge in [0.1, 0.15) is 17.3 Å². The van der Waals surface area contributed by atoms with Crippen LogP contribution in [-0.2, 0) is 14.6 Å². The van der Waals surface area contributed by atoms with Crippen LogP contribution in [0.25, 0.3) is 11.3 Å². The van der Waals surface area contributed by atoms with E-state index in [0.717, 1.165) is 22.4 Å². The molecule has 9 heteroatoms. The van der Waals surface area contributed by atoms with Gasteiger partial charge >= 0.3 is 0 Å². The van der Waals surface area contributed by atoms with Gasteiger partial charge in [0.05, 0.1) is 29.8 Å². The van der Waals surface area contributed by atoms with Crippen LogP contribution in [0.15, 0.2) is 48.5 Å². The molecule has 36 heavy (non-hydrogen) atoms. The Balaban J connectivity index is 1.52. The molecule has 4 rings (SSSR count). The normalized spacial score (nSPS) is 16.8. The number of hydrogen-bond acceptors (Lipinski definition) is 6. The van der Waals surface area contributed by atoms with Gasteiger partial charge in [-0.3, -0.25) is 4.79 Å². The Morgan fingerprint density at radius 3 is 2.42 bits per heavy atom. The van der Waals surface area contributed by atoms with Crippen LogP contribution in [0, 0.1) is 19.8 Å². The predicted molar refractivity (Wildman–Crippen MR) is 140 cm³/mol. The summed E-state index contributed by atoms with van der Waals surface area (Å²) >= 11 is 0. The fraction of sp³-hybridized carbons (Fsp3) is 0.407. The van der Waals surface area contributed by atoms with Crippen LogP contribution in [0.2, 0.25) is 0 Å². The van der Waals surface area contributed by atoms with Crippen molar-refractivity contribution >= 4 is 21.6 Å². The standard InChI is InChI=1S/C27H33N3O5S/c1-18(2)15-34-23-9-6-21(7-10-23)25-14-26(30(29-25)22-11-12-36(32,33)17-22)28-27(31)16-35-24-8-5-19(3)20(4)13-24/h5-10,13-14,18,22H,11-12,15-17H2,1-4H3,(H,28,31)/t22-/m0/s1. The summed E-state index contributed by atoms with van der Waals surface area (Å²) in [6.07, 6.45) is 0.452. The summed E-state index contributed by atoms with van der Waals surface area (Å²) in [6.45, 7) is 8.64. The number of rotatable bonds is 9. The quantitative estimate of drug-likeness (QED) is 0.452. The molecular weight excluding hydrogens is 478 g/mol. The SMILES string of the molecule is Cc1ccc(OCC(=O)Nc2cc(-c3ccc(OCC(C)C)cc3)nn2[C@H]2CCS(=O)(=O)C2)cc1C. The first-order valence-electron chi connectivity index (χ1n) is 12.1. The summed E-state index contributed by atoms with van der Waals surface area (Å²) in [5.74, 6) is 2.01. The van der Waals surface area contributed by atoms with E-state index in [9.17, 15) is 13.2 Å². The molecule has 3 aromatic rings. The van der Waals surface area contributed by atoms with Crippen LogP contribution in [0.3, 0.4) is 0 Å². The van der Waals surface area contributed by atoms with Crippen molar-refractivity contribution < 1.29 is 22.7 Å². The molecule has 1 atom stereocenters. The van der Waals surface area contributed by atoms with Crippen LogP contribution in [0.5, 0.6) is 11.5 Å². The fourth-order valence-electron chi connectivity index (χ4n) is 3.99. The van der Waals surface area contributed by atoms with Gasteiger partial charge in [0.25, 0.3) is 5.91 Å². The minimum atomic E-state index is -3.13. The molecule has 1 amide bonds. The zero-order chi connectivity index (χ0) is 25.9. The summed E-state index contributed by atoms with van der Waals surface area (Å²) < 4.78 is 37.3. The number of amides is 1. The first-order chi connectivity index (χ1) is 17.1. The number of hydrogen-bond donors (Lipinski definition) is 1. The van der Waals surface area contributed by atoms with Crippen molar-refractivity contribution in [3.63, 3.8) is 0 Å². The predicted octanol–water partition coefficient (Wildman–Crippen LogP) is 4.58. The lowest BCUT2D eigenvalue weighted by atomic mass is 10.1. The Labute approximate surface area is 212 Å². The average Bonchev–Trinajstić information content (AvgIpc) is 3.41. The van der Waals surface area contributed by atoms with Crippen LogP contribution in [0.4, 0.5) is 5.82 Å². The minimum absolute atomic E-state index is 0.00187. The van der Waals surface area contributed by atoms with Crippen LogP contribution < -0.4 is 14.8 Å². The van der Waals surface area contributed by atoms with E-state index in [-0.39, 0.29) is 30.1 Å². The monoisotopic (exact) mass is 511 g/mol. The number of nitrogens with zero attached hydrogens (tertiary/aromatic N) is 2. The molecule has 192 valence electrons. The van der Waals surface area contributed by atoms with Gasteiger partial charge < -0.3 is 14.8 Å². The molecule has 1 aliphatic heterocycles. The molecule has 1 aromatic heterocycles. The van der Waals surface area contributed by atoms with Gasteiger partial charge in [-0.1, -0.05) is 19.9 Å². The van der Waals surface area contributed by atoms with E-state index >= 15 is 0 Å². The summed E-state index contributed by atoms with van der Waals surface area (Å²) in [5, 5.41) is 7.54. The van der Waals surface area contributed by atoms with Gasteiger partial charge in [-0.2, -0.15) is 5.10 Å². The third kappa shape index (κ3) is 6.46. The molecule has 0 aliphatic carbocycles. The number of aromatic nitrogens is 2. The van der Waals surface area contributed by atoms with Gasteiger partial charge in [0.15, 0.2) is 16.4 Å². The molecule has 1 saturated heterocycles. The van der Waals surface area contributed by atoms with Gasteiger partial charge in [-0.25, -0.2) is 13.1 Å². The number of carbonyl (C=O) groups excluding carboxylic acids is 1. The maximum atomic E-state index is 12.7. The topological polar surface area (TPSA) is 99.5 Å². The lowest BCUT2D eigenvalue weighted by molar-refractivity contribution is -0.118.